The van der Waals surface area contributed by atoms with E-state index in [1.165, 1.54) is 10.5 Å². The Morgan fingerprint density at radius 1 is 0.857 bits per heavy atom. The Kier molecular flexibility index (Phi) is 5.65. The van der Waals surface area contributed by atoms with Crippen molar-refractivity contribution < 1.29 is 9.59 Å². The van der Waals surface area contributed by atoms with Crippen molar-refractivity contribution in [1.29, 1.82) is 0 Å². The maximum Gasteiger partial charge on any atom is 0.251 e. The van der Waals surface area contributed by atoms with Crippen LogP contribution >= 0.6 is 0 Å². The maximum absolute atomic E-state index is 12.9. The average molecular weight is 375 g/mol. The Labute approximate surface area is 165 Å². The van der Waals surface area contributed by atoms with Gasteiger partial charge in [0.05, 0.1) is 18.2 Å². The third-order valence-corrected chi connectivity index (χ3v) is 5.46. The van der Waals surface area contributed by atoms with Gasteiger partial charge in [-0.1, -0.05) is 60.7 Å². The largest absolute Gasteiger partial charge is 0.297 e. The highest BCUT2D eigenvalue weighted by molar-refractivity contribution is 6.22. The molecule has 0 bridgehead atoms. The number of nitrogens with zero attached hydrogens (tertiary/aromatic N) is 3. The fraction of sp³-hybridized carbons (Fsp3) is 0.304. The molecule has 144 valence electrons. The molecule has 2 aromatic carbocycles. The minimum Gasteiger partial charge on any atom is -0.297 e. The van der Waals surface area contributed by atoms with Gasteiger partial charge in [-0.15, -0.1) is 0 Å². The molecule has 0 N–H and O–H groups in total. The van der Waals surface area contributed by atoms with Crippen LogP contribution in [0.15, 0.2) is 66.7 Å². The lowest BCUT2D eigenvalue weighted by atomic mass is 10.1. The number of piperazine rings is 1. The summed E-state index contributed by atoms with van der Waals surface area (Å²) in [5, 5.41) is 0. The molecule has 5 nitrogen and oxygen atoms in total. The van der Waals surface area contributed by atoms with Crippen molar-refractivity contribution in [3.63, 3.8) is 0 Å². The minimum absolute atomic E-state index is 0.0892. The summed E-state index contributed by atoms with van der Waals surface area (Å²) in [7, 11) is 0. The molecule has 0 spiro atoms. The zero-order valence-corrected chi connectivity index (χ0v) is 15.9. The second-order valence-electron chi connectivity index (χ2n) is 7.27. The van der Waals surface area contributed by atoms with E-state index in [1.54, 1.807) is 0 Å². The first kappa shape index (κ1) is 18.6. The molecule has 2 aliphatic heterocycles. The molecule has 2 aliphatic rings. The molecule has 28 heavy (non-hydrogen) atoms. The number of hydrogen-bond acceptors (Lipinski definition) is 4. The summed E-state index contributed by atoms with van der Waals surface area (Å²) in [6.45, 7) is 4.33. The van der Waals surface area contributed by atoms with Crippen LogP contribution in [0, 0.1) is 0 Å². The number of carbonyl (C=O) groups is 2. The van der Waals surface area contributed by atoms with Crippen molar-refractivity contribution in [2.24, 2.45) is 0 Å². The first-order chi connectivity index (χ1) is 13.7. The van der Waals surface area contributed by atoms with Crippen LogP contribution in [0.25, 0.3) is 6.08 Å². The zero-order chi connectivity index (χ0) is 19.3. The molecular weight excluding hydrogens is 350 g/mol. The van der Waals surface area contributed by atoms with Crippen molar-refractivity contribution in [2.45, 2.75) is 12.5 Å². The molecule has 2 fully saturated rings. The fourth-order valence-corrected chi connectivity index (χ4v) is 3.91. The Hall–Kier alpha value is -2.76. The topological polar surface area (TPSA) is 43.9 Å². The summed E-state index contributed by atoms with van der Waals surface area (Å²) in [4.78, 5) is 31.2. The van der Waals surface area contributed by atoms with Crippen LogP contribution in [-0.4, -0.2) is 60.4 Å². The number of rotatable bonds is 5. The Balaban J connectivity index is 1.31. The lowest BCUT2D eigenvalue weighted by Gasteiger charge is -2.36. The lowest BCUT2D eigenvalue weighted by Crippen LogP contribution is -2.52. The van der Waals surface area contributed by atoms with E-state index in [9.17, 15) is 9.59 Å². The first-order valence-electron chi connectivity index (χ1n) is 9.82. The summed E-state index contributed by atoms with van der Waals surface area (Å²) in [5.41, 5.74) is 1.88. The molecule has 0 saturated carbocycles. The molecule has 0 unspecified atom stereocenters. The molecule has 4 rings (SSSR count). The van der Waals surface area contributed by atoms with E-state index in [0.29, 0.717) is 5.69 Å². The molecular formula is C23H25N3O2. The maximum atomic E-state index is 12.9. The van der Waals surface area contributed by atoms with Gasteiger partial charge in [0.2, 0.25) is 5.91 Å². The number of imide groups is 1. The standard InChI is InChI=1S/C23H25N3O2/c27-22-18-21(23(28)26(22)20-11-5-2-6-12-20)25-16-14-24(15-17-25)13-7-10-19-8-3-1-4-9-19/h1-12,21H,13-18H2/b10-7+/t21-/m1/s1. The SMILES string of the molecule is O=C1C[C@@H](N2CCN(C/C=C/c3ccccc3)CC2)C(=O)N1c1ccccc1. The van der Waals surface area contributed by atoms with Crippen LogP contribution in [0.1, 0.15) is 12.0 Å². The van der Waals surface area contributed by atoms with Crippen molar-refractivity contribution >= 4 is 23.6 Å². The van der Waals surface area contributed by atoms with E-state index in [0.717, 1.165) is 32.7 Å². The molecule has 5 heteroatoms. The van der Waals surface area contributed by atoms with Crippen molar-refractivity contribution in [3.05, 3.63) is 72.3 Å². The highest BCUT2D eigenvalue weighted by atomic mass is 16.2. The van der Waals surface area contributed by atoms with Crippen molar-refractivity contribution in [1.82, 2.24) is 9.80 Å². The van der Waals surface area contributed by atoms with E-state index in [-0.39, 0.29) is 24.3 Å². The number of anilines is 1. The molecule has 0 aliphatic carbocycles. The van der Waals surface area contributed by atoms with Crippen LogP contribution < -0.4 is 4.90 Å². The van der Waals surface area contributed by atoms with E-state index in [1.807, 2.05) is 48.5 Å². The van der Waals surface area contributed by atoms with Gasteiger partial charge in [-0.2, -0.15) is 0 Å². The second-order valence-corrected chi connectivity index (χ2v) is 7.27. The lowest BCUT2D eigenvalue weighted by molar-refractivity contribution is -0.123. The van der Waals surface area contributed by atoms with Gasteiger partial charge in [-0.3, -0.25) is 19.4 Å². The van der Waals surface area contributed by atoms with Crippen LogP contribution in [0.5, 0.6) is 0 Å². The normalized spacial score (nSPS) is 21.7. The second kappa shape index (κ2) is 8.50. The molecule has 2 heterocycles. The van der Waals surface area contributed by atoms with Crippen molar-refractivity contribution in [3.8, 4) is 0 Å². The van der Waals surface area contributed by atoms with E-state index >= 15 is 0 Å². The molecule has 2 saturated heterocycles. The molecule has 0 aromatic heterocycles. The quantitative estimate of drug-likeness (QED) is 0.754. The highest BCUT2D eigenvalue weighted by Gasteiger charge is 2.43. The third kappa shape index (κ3) is 4.06. The van der Waals surface area contributed by atoms with Crippen LogP contribution in [0.3, 0.4) is 0 Å². The summed E-state index contributed by atoms with van der Waals surface area (Å²) in [6.07, 6.45) is 4.61. The number of hydrogen-bond donors (Lipinski definition) is 0. The van der Waals surface area contributed by atoms with Gasteiger partial charge >= 0.3 is 0 Å². The molecule has 0 radical (unpaired) electrons. The monoisotopic (exact) mass is 375 g/mol. The van der Waals surface area contributed by atoms with Crippen LogP contribution in [0.2, 0.25) is 0 Å². The summed E-state index contributed by atoms with van der Waals surface area (Å²) in [5.74, 6) is -0.192. The summed E-state index contributed by atoms with van der Waals surface area (Å²) < 4.78 is 0. The van der Waals surface area contributed by atoms with E-state index in [2.05, 4.69) is 34.1 Å². The van der Waals surface area contributed by atoms with Gasteiger partial charge in [0.1, 0.15) is 0 Å². The van der Waals surface area contributed by atoms with Gasteiger partial charge in [0.15, 0.2) is 0 Å². The predicted octanol–water partition coefficient (Wildman–Crippen LogP) is 2.65. The fourth-order valence-electron chi connectivity index (χ4n) is 3.91. The summed E-state index contributed by atoms with van der Waals surface area (Å²) >= 11 is 0. The van der Waals surface area contributed by atoms with Gasteiger partial charge in [0.25, 0.3) is 5.91 Å². The third-order valence-electron chi connectivity index (χ3n) is 5.46. The van der Waals surface area contributed by atoms with E-state index in [4.69, 9.17) is 0 Å². The molecule has 1 atom stereocenters. The van der Waals surface area contributed by atoms with E-state index < -0.39 is 0 Å². The smallest absolute Gasteiger partial charge is 0.251 e. The number of benzene rings is 2. The molecule has 2 aromatic rings. The van der Waals surface area contributed by atoms with Gasteiger partial charge in [-0.05, 0) is 17.7 Å². The number of para-hydroxylation sites is 1. The van der Waals surface area contributed by atoms with Crippen molar-refractivity contribution in [2.75, 3.05) is 37.6 Å². The Morgan fingerprint density at radius 3 is 2.18 bits per heavy atom. The minimum atomic E-state index is -0.324. The summed E-state index contributed by atoms with van der Waals surface area (Å²) in [6, 6.07) is 19.2. The van der Waals surface area contributed by atoms with Crippen LogP contribution in [-0.2, 0) is 9.59 Å². The average Bonchev–Trinajstić information content (AvgIpc) is 3.04. The van der Waals surface area contributed by atoms with Gasteiger partial charge in [-0.25, -0.2) is 4.90 Å². The van der Waals surface area contributed by atoms with Crippen LogP contribution in [0.4, 0.5) is 5.69 Å². The van der Waals surface area contributed by atoms with Gasteiger partial charge < -0.3 is 0 Å². The Morgan fingerprint density at radius 2 is 1.50 bits per heavy atom. The number of carbonyl (C=O) groups excluding carboxylic acids is 2. The first-order valence-corrected chi connectivity index (χ1v) is 9.82. The molecule has 2 amide bonds. The van der Waals surface area contributed by atoms with Gasteiger partial charge in [0, 0.05) is 32.7 Å². The highest BCUT2D eigenvalue weighted by Crippen LogP contribution is 2.26. The number of amides is 2. The Bertz CT molecular complexity index is 843. The predicted molar refractivity (Wildman–Crippen MR) is 111 cm³/mol. The zero-order valence-electron chi connectivity index (χ0n) is 15.9.